The summed E-state index contributed by atoms with van der Waals surface area (Å²) in [5.74, 6) is 0.286. The molecule has 1 atom stereocenters. The van der Waals surface area contributed by atoms with Gasteiger partial charge in [-0.25, -0.2) is 17.8 Å². The zero-order chi connectivity index (χ0) is 18.7. The second kappa shape index (κ2) is 7.59. The van der Waals surface area contributed by atoms with Crippen molar-refractivity contribution >= 4 is 10.0 Å². The highest BCUT2D eigenvalue weighted by atomic mass is 32.2. The quantitative estimate of drug-likeness (QED) is 0.771. The van der Waals surface area contributed by atoms with E-state index in [2.05, 4.69) is 4.98 Å². The molecule has 1 aromatic carbocycles. The van der Waals surface area contributed by atoms with E-state index in [4.69, 9.17) is 9.47 Å². The van der Waals surface area contributed by atoms with E-state index in [1.165, 1.54) is 23.5 Å². The topological polar surface area (TPSA) is 68.7 Å². The molecule has 0 saturated carbocycles. The summed E-state index contributed by atoms with van der Waals surface area (Å²) in [6.45, 7) is 2.95. The second-order valence-corrected chi connectivity index (χ2v) is 8.20. The molecule has 0 aliphatic carbocycles. The number of methoxy groups -OCH3 is 1. The summed E-state index contributed by atoms with van der Waals surface area (Å²) in [4.78, 5) is 4.02. The molecule has 140 valence electrons. The highest BCUT2D eigenvalue weighted by Gasteiger charge is 2.34. The predicted molar refractivity (Wildman–Crippen MR) is 94.3 cm³/mol. The molecule has 1 aromatic heterocycles. The molecule has 2 aromatic rings. The number of benzene rings is 1. The van der Waals surface area contributed by atoms with Crippen LogP contribution in [0.2, 0.25) is 0 Å². The Bertz CT molecular complexity index is 871. The maximum atomic E-state index is 13.0. The third kappa shape index (κ3) is 3.96. The van der Waals surface area contributed by atoms with Gasteiger partial charge in [0.25, 0.3) is 0 Å². The molecule has 0 bridgehead atoms. The summed E-state index contributed by atoms with van der Waals surface area (Å²) in [5.41, 5.74) is 0.853. The Morgan fingerprint density at radius 3 is 2.81 bits per heavy atom. The Labute approximate surface area is 152 Å². The number of hydrogen-bond donors (Lipinski definition) is 0. The van der Waals surface area contributed by atoms with E-state index in [9.17, 15) is 12.8 Å². The normalized spacial score (nSPS) is 18.0. The SMILES string of the molecule is COc1ccc(C)cc1S(=O)(=O)N1CCC(COc2ccc(F)cn2)C1. The Hall–Kier alpha value is -2.19. The molecule has 1 fully saturated rings. The Morgan fingerprint density at radius 2 is 2.12 bits per heavy atom. The molecule has 2 heterocycles. The van der Waals surface area contributed by atoms with E-state index < -0.39 is 15.8 Å². The van der Waals surface area contributed by atoms with Crippen molar-refractivity contribution in [1.82, 2.24) is 9.29 Å². The van der Waals surface area contributed by atoms with Crippen molar-refractivity contribution in [3.05, 3.63) is 47.9 Å². The van der Waals surface area contributed by atoms with Crippen LogP contribution in [-0.2, 0) is 10.0 Å². The Kier molecular flexibility index (Phi) is 5.43. The van der Waals surface area contributed by atoms with Gasteiger partial charge in [0, 0.05) is 25.1 Å². The molecule has 0 N–H and O–H groups in total. The molecule has 1 saturated heterocycles. The van der Waals surface area contributed by atoms with Crippen LogP contribution in [0.5, 0.6) is 11.6 Å². The first-order valence-corrected chi connectivity index (χ1v) is 9.73. The first-order chi connectivity index (χ1) is 12.4. The minimum atomic E-state index is -3.64. The highest BCUT2D eigenvalue weighted by Crippen LogP contribution is 2.31. The molecular formula is C18H21FN2O4S. The van der Waals surface area contributed by atoms with E-state index in [0.717, 1.165) is 11.8 Å². The van der Waals surface area contributed by atoms with Crippen LogP contribution >= 0.6 is 0 Å². The van der Waals surface area contributed by atoms with E-state index in [-0.39, 0.29) is 10.8 Å². The fraction of sp³-hybridized carbons (Fsp3) is 0.389. The molecule has 6 nitrogen and oxygen atoms in total. The van der Waals surface area contributed by atoms with Crippen molar-refractivity contribution < 1.29 is 22.3 Å². The van der Waals surface area contributed by atoms with E-state index in [1.54, 1.807) is 12.1 Å². The van der Waals surface area contributed by atoms with Crippen molar-refractivity contribution in [2.24, 2.45) is 5.92 Å². The van der Waals surface area contributed by atoms with Gasteiger partial charge in [-0.15, -0.1) is 0 Å². The van der Waals surface area contributed by atoms with Crippen LogP contribution in [0.4, 0.5) is 4.39 Å². The lowest BCUT2D eigenvalue weighted by Crippen LogP contribution is -2.30. The number of hydrogen-bond acceptors (Lipinski definition) is 5. The number of halogens is 1. The van der Waals surface area contributed by atoms with Crippen LogP contribution in [0.3, 0.4) is 0 Å². The summed E-state index contributed by atoms with van der Waals surface area (Å²) in [7, 11) is -2.18. The van der Waals surface area contributed by atoms with Crippen LogP contribution in [0.1, 0.15) is 12.0 Å². The van der Waals surface area contributed by atoms with Crippen molar-refractivity contribution in [2.75, 3.05) is 26.8 Å². The number of ether oxygens (including phenoxy) is 2. The summed E-state index contributed by atoms with van der Waals surface area (Å²) in [5, 5.41) is 0. The van der Waals surface area contributed by atoms with Crippen molar-refractivity contribution in [2.45, 2.75) is 18.2 Å². The molecule has 0 amide bonds. The predicted octanol–water partition coefficient (Wildman–Crippen LogP) is 2.63. The molecule has 3 rings (SSSR count). The lowest BCUT2D eigenvalue weighted by Gasteiger charge is -2.19. The van der Waals surface area contributed by atoms with Gasteiger partial charge in [-0.05, 0) is 37.1 Å². The van der Waals surface area contributed by atoms with Crippen molar-refractivity contribution in [3.63, 3.8) is 0 Å². The number of aryl methyl sites for hydroxylation is 1. The van der Waals surface area contributed by atoms with Crippen LogP contribution in [0.25, 0.3) is 0 Å². The fourth-order valence-electron chi connectivity index (χ4n) is 2.93. The molecule has 1 aliphatic heterocycles. The number of sulfonamides is 1. The minimum Gasteiger partial charge on any atom is -0.495 e. The average molecular weight is 380 g/mol. The average Bonchev–Trinajstić information content (AvgIpc) is 3.11. The molecule has 26 heavy (non-hydrogen) atoms. The van der Waals surface area contributed by atoms with Crippen molar-refractivity contribution in [3.8, 4) is 11.6 Å². The summed E-state index contributed by atoms with van der Waals surface area (Å²) >= 11 is 0. The molecular weight excluding hydrogens is 359 g/mol. The zero-order valence-corrected chi connectivity index (χ0v) is 15.5. The zero-order valence-electron chi connectivity index (χ0n) is 14.7. The molecule has 0 radical (unpaired) electrons. The van der Waals surface area contributed by atoms with Gasteiger partial charge in [0.05, 0.1) is 19.9 Å². The lowest BCUT2D eigenvalue weighted by atomic mass is 10.1. The summed E-state index contributed by atoms with van der Waals surface area (Å²) in [6.07, 6.45) is 1.78. The largest absolute Gasteiger partial charge is 0.495 e. The van der Waals surface area contributed by atoms with Gasteiger partial charge in [0.2, 0.25) is 15.9 Å². The summed E-state index contributed by atoms with van der Waals surface area (Å²) in [6, 6.07) is 7.84. The lowest BCUT2D eigenvalue weighted by molar-refractivity contribution is 0.246. The Balaban J connectivity index is 1.67. The van der Waals surface area contributed by atoms with Gasteiger partial charge in [-0.3, -0.25) is 0 Å². The van der Waals surface area contributed by atoms with Crippen LogP contribution < -0.4 is 9.47 Å². The van der Waals surface area contributed by atoms with Gasteiger partial charge < -0.3 is 9.47 Å². The summed E-state index contributed by atoms with van der Waals surface area (Å²) < 4.78 is 51.0. The third-order valence-corrected chi connectivity index (χ3v) is 6.24. The van der Waals surface area contributed by atoms with Gasteiger partial charge in [-0.1, -0.05) is 6.07 Å². The standard InChI is InChI=1S/C18H21FN2O4S/c1-13-3-5-16(24-2)17(9-13)26(22,23)21-8-7-14(11-21)12-25-18-6-4-15(19)10-20-18/h3-6,9-10,14H,7-8,11-12H2,1-2H3. The van der Waals surface area contributed by atoms with Crippen LogP contribution in [0.15, 0.2) is 41.4 Å². The maximum absolute atomic E-state index is 13.0. The molecule has 0 spiro atoms. The Morgan fingerprint density at radius 1 is 1.31 bits per heavy atom. The first-order valence-electron chi connectivity index (χ1n) is 8.29. The van der Waals surface area contributed by atoms with Gasteiger partial charge in [0.15, 0.2) is 0 Å². The van der Waals surface area contributed by atoms with Crippen LogP contribution in [-0.4, -0.2) is 44.5 Å². The number of nitrogens with zero attached hydrogens (tertiary/aromatic N) is 2. The smallest absolute Gasteiger partial charge is 0.246 e. The fourth-order valence-corrected chi connectivity index (χ4v) is 4.70. The van der Waals surface area contributed by atoms with E-state index in [0.29, 0.717) is 37.7 Å². The highest BCUT2D eigenvalue weighted by molar-refractivity contribution is 7.89. The van der Waals surface area contributed by atoms with Gasteiger partial charge in [-0.2, -0.15) is 4.31 Å². The van der Waals surface area contributed by atoms with E-state index in [1.807, 2.05) is 13.0 Å². The van der Waals surface area contributed by atoms with Gasteiger partial charge >= 0.3 is 0 Å². The monoisotopic (exact) mass is 380 g/mol. The number of aromatic nitrogens is 1. The second-order valence-electron chi connectivity index (χ2n) is 6.30. The third-order valence-electron chi connectivity index (χ3n) is 4.35. The maximum Gasteiger partial charge on any atom is 0.246 e. The van der Waals surface area contributed by atoms with E-state index >= 15 is 0 Å². The molecule has 1 unspecified atom stereocenters. The molecule has 1 aliphatic rings. The molecule has 8 heteroatoms. The number of pyridine rings is 1. The van der Waals surface area contributed by atoms with Crippen molar-refractivity contribution in [1.29, 1.82) is 0 Å². The van der Waals surface area contributed by atoms with Gasteiger partial charge in [0.1, 0.15) is 16.5 Å². The minimum absolute atomic E-state index is 0.0485. The van der Waals surface area contributed by atoms with Crippen LogP contribution in [0, 0.1) is 18.7 Å². The first kappa shape index (κ1) is 18.6. The number of rotatable bonds is 6.